The van der Waals surface area contributed by atoms with Crippen LogP contribution in [0.4, 0.5) is 0 Å². The highest BCUT2D eigenvalue weighted by Gasteiger charge is 2.01. The number of nitrogens with one attached hydrogen (secondary N) is 1. The number of furan rings is 1. The van der Waals surface area contributed by atoms with E-state index in [1.165, 1.54) is 5.52 Å². The van der Waals surface area contributed by atoms with Crippen molar-refractivity contribution in [3.8, 4) is 0 Å². The quantitative estimate of drug-likeness (QED) is 0.701. The fourth-order valence-corrected chi connectivity index (χ4v) is 2.56. The molecule has 0 aliphatic rings. The second-order valence-electron chi connectivity index (χ2n) is 4.66. The fraction of sp³-hybridized carbons (Fsp3) is 0.267. The number of hydrogen-bond acceptors (Lipinski definition) is 3. The number of rotatable bonds is 6. The smallest absolute Gasteiger partial charge is 0.169 e. The molecule has 1 N–H and O–H groups in total. The van der Waals surface area contributed by atoms with Gasteiger partial charge in [0.15, 0.2) is 4.67 Å². The van der Waals surface area contributed by atoms with Crippen molar-refractivity contribution in [2.75, 3.05) is 6.54 Å². The lowest BCUT2D eigenvalue weighted by molar-refractivity contribution is 0.460. The molecular weight excluding hydrogens is 318 g/mol. The summed E-state index contributed by atoms with van der Waals surface area (Å²) in [6.45, 7) is 2.68. The van der Waals surface area contributed by atoms with E-state index in [-0.39, 0.29) is 0 Å². The Morgan fingerprint density at radius 3 is 2.95 bits per heavy atom. The van der Waals surface area contributed by atoms with Crippen LogP contribution in [0.25, 0.3) is 11.0 Å². The molecule has 0 atom stereocenters. The number of imidazole rings is 1. The number of halogens is 1. The lowest BCUT2D eigenvalue weighted by Gasteiger charge is -2.05. The van der Waals surface area contributed by atoms with Crippen LogP contribution in [0.3, 0.4) is 0 Å². The third kappa shape index (κ3) is 3.11. The Bertz CT molecular complexity index is 689. The molecule has 0 aliphatic carbocycles. The van der Waals surface area contributed by atoms with E-state index in [9.17, 15) is 0 Å². The van der Waals surface area contributed by atoms with E-state index in [0.29, 0.717) is 0 Å². The number of aromatic nitrogens is 2. The van der Waals surface area contributed by atoms with E-state index < -0.39 is 0 Å². The lowest BCUT2D eigenvalue weighted by atomic mass is 10.3. The molecule has 2 aromatic heterocycles. The van der Waals surface area contributed by atoms with E-state index in [1.807, 2.05) is 36.7 Å². The van der Waals surface area contributed by atoms with Crippen molar-refractivity contribution in [1.82, 2.24) is 14.9 Å². The van der Waals surface area contributed by atoms with Crippen molar-refractivity contribution in [2.24, 2.45) is 0 Å². The van der Waals surface area contributed by atoms with Crippen LogP contribution in [0.2, 0.25) is 0 Å². The summed E-state index contributed by atoms with van der Waals surface area (Å²) in [6.07, 6.45) is 2.97. The molecule has 3 rings (SSSR count). The minimum Gasteiger partial charge on any atom is -0.453 e. The highest BCUT2D eigenvalue weighted by atomic mass is 79.9. The number of para-hydroxylation sites is 2. The Labute approximate surface area is 125 Å². The highest BCUT2D eigenvalue weighted by molar-refractivity contribution is 9.10. The second kappa shape index (κ2) is 6.24. The molecule has 0 saturated carbocycles. The maximum atomic E-state index is 5.43. The van der Waals surface area contributed by atoms with Crippen LogP contribution >= 0.6 is 15.9 Å². The average Bonchev–Trinajstić information content (AvgIpc) is 3.05. The van der Waals surface area contributed by atoms with Crippen LogP contribution in [0.15, 0.2) is 51.8 Å². The van der Waals surface area contributed by atoms with Gasteiger partial charge in [-0.3, -0.25) is 0 Å². The number of aryl methyl sites for hydroxylation is 1. The molecule has 1 aromatic carbocycles. The van der Waals surface area contributed by atoms with E-state index in [0.717, 1.165) is 42.0 Å². The third-order valence-corrected chi connectivity index (χ3v) is 3.63. The molecule has 4 nitrogen and oxygen atoms in total. The summed E-state index contributed by atoms with van der Waals surface area (Å²) in [5.41, 5.74) is 2.25. The van der Waals surface area contributed by atoms with Crippen molar-refractivity contribution in [3.63, 3.8) is 0 Å². The Kier molecular flexibility index (Phi) is 4.18. The Hall–Kier alpha value is -1.59. The molecule has 0 amide bonds. The van der Waals surface area contributed by atoms with Gasteiger partial charge in [-0.1, -0.05) is 12.1 Å². The van der Waals surface area contributed by atoms with E-state index >= 15 is 0 Å². The Balaban J connectivity index is 1.46. The van der Waals surface area contributed by atoms with Gasteiger partial charge in [0.1, 0.15) is 5.76 Å². The predicted molar refractivity (Wildman–Crippen MR) is 82.5 cm³/mol. The minimum absolute atomic E-state index is 0.760. The summed E-state index contributed by atoms with van der Waals surface area (Å²) in [7, 11) is 0. The van der Waals surface area contributed by atoms with E-state index in [4.69, 9.17) is 4.42 Å². The summed E-state index contributed by atoms with van der Waals surface area (Å²) in [5.74, 6) is 0.949. The molecule has 0 bridgehead atoms. The van der Waals surface area contributed by atoms with Crippen LogP contribution in [-0.2, 0) is 13.1 Å². The Morgan fingerprint density at radius 2 is 2.10 bits per heavy atom. The number of nitrogens with zero attached hydrogens (tertiary/aromatic N) is 2. The number of fused-ring (bicyclic) bond motifs is 1. The third-order valence-electron chi connectivity index (χ3n) is 3.21. The highest BCUT2D eigenvalue weighted by Crippen LogP contribution is 2.14. The van der Waals surface area contributed by atoms with Crippen LogP contribution in [0.1, 0.15) is 12.2 Å². The van der Waals surface area contributed by atoms with Crippen molar-refractivity contribution in [2.45, 2.75) is 19.5 Å². The molecule has 2 heterocycles. The van der Waals surface area contributed by atoms with Gasteiger partial charge in [0.05, 0.1) is 23.9 Å². The molecule has 0 saturated heterocycles. The number of benzene rings is 1. The lowest BCUT2D eigenvalue weighted by Crippen LogP contribution is -2.16. The summed E-state index contributed by atoms with van der Waals surface area (Å²) in [4.78, 5) is 4.39. The minimum atomic E-state index is 0.760. The molecule has 0 aliphatic heterocycles. The maximum Gasteiger partial charge on any atom is 0.169 e. The van der Waals surface area contributed by atoms with Gasteiger partial charge in [0.25, 0.3) is 0 Å². The van der Waals surface area contributed by atoms with Crippen molar-refractivity contribution < 1.29 is 4.42 Å². The standard InChI is InChI=1S/C15H16BrN3O/c16-15-7-6-12(20-15)10-17-8-3-9-19-11-18-13-4-1-2-5-14(13)19/h1-2,4-7,11,17H,3,8-10H2. The summed E-state index contributed by atoms with van der Waals surface area (Å²) in [6, 6.07) is 12.1. The topological polar surface area (TPSA) is 43.0 Å². The van der Waals surface area contributed by atoms with E-state index in [1.54, 1.807) is 0 Å². The first-order valence-corrected chi connectivity index (χ1v) is 7.47. The SMILES string of the molecule is Brc1ccc(CNCCCn2cnc3ccccc32)o1. The van der Waals surface area contributed by atoms with Gasteiger partial charge in [0.2, 0.25) is 0 Å². The molecule has 3 aromatic rings. The predicted octanol–water partition coefficient (Wildman–Crippen LogP) is 3.57. The van der Waals surface area contributed by atoms with Gasteiger partial charge in [-0.15, -0.1) is 0 Å². The molecule has 0 unspecified atom stereocenters. The zero-order valence-corrected chi connectivity index (χ0v) is 12.6. The van der Waals surface area contributed by atoms with Crippen LogP contribution < -0.4 is 5.32 Å². The van der Waals surface area contributed by atoms with Gasteiger partial charge >= 0.3 is 0 Å². The molecule has 5 heteroatoms. The van der Waals surface area contributed by atoms with Crippen LogP contribution in [0.5, 0.6) is 0 Å². The average molecular weight is 334 g/mol. The van der Waals surface area contributed by atoms with Gasteiger partial charge in [-0.05, 0) is 53.2 Å². The summed E-state index contributed by atoms with van der Waals surface area (Å²) < 4.78 is 8.40. The van der Waals surface area contributed by atoms with Crippen LogP contribution in [-0.4, -0.2) is 16.1 Å². The molecule has 20 heavy (non-hydrogen) atoms. The molecular formula is C15H16BrN3O. The summed E-state index contributed by atoms with van der Waals surface area (Å²) >= 11 is 3.30. The molecule has 0 fully saturated rings. The zero-order chi connectivity index (χ0) is 13.8. The summed E-state index contributed by atoms with van der Waals surface area (Å²) in [5, 5.41) is 3.38. The monoisotopic (exact) mass is 333 g/mol. The van der Waals surface area contributed by atoms with E-state index in [2.05, 4.69) is 36.9 Å². The van der Waals surface area contributed by atoms with Crippen molar-refractivity contribution in [3.05, 3.63) is 53.2 Å². The number of hydrogen-bond donors (Lipinski definition) is 1. The van der Waals surface area contributed by atoms with Crippen LogP contribution in [0, 0.1) is 0 Å². The zero-order valence-electron chi connectivity index (χ0n) is 11.1. The molecule has 104 valence electrons. The second-order valence-corrected chi connectivity index (χ2v) is 5.44. The first-order valence-electron chi connectivity index (χ1n) is 6.68. The molecule has 0 spiro atoms. The fourth-order valence-electron chi connectivity index (χ4n) is 2.22. The van der Waals surface area contributed by atoms with Crippen molar-refractivity contribution >= 4 is 27.0 Å². The maximum absolute atomic E-state index is 5.43. The first-order chi connectivity index (χ1) is 9.83. The Morgan fingerprint density at radius 1 is 1.20 bits per heavy atom. The normalized spacial score (nSPS) is 11.2. The van der Waals surface area contributed by atoms with Gasteiger partial charge in [0, 0.05) is 6.54 Å². The van der Waals surface area contributed by atoms with Gasteiger partial charge < -0.3 is 14.3 Å². The van der Waals surface area contributed by atoms with Gasteiger partial charge in [-0.2, -0.15) is 0 Å². The molecule has 0 radical (unpaired) electrons. The largest absolute Gasteiger partial charge is 0.453 e. The first kappa shape index (κ1) is 13.4. The van der Waals surface area contributed by atoms with Crippen molar-refractivity contribution in [1.29, 1.82) is 0 Å². The van der Waals surface area contributed by atoms with Gasteiger partial charge in [-0.25, -0.2) is 4.98 Å².